The molecule has 0 fully saturated rings. The maximum absolute atomic E-state index is 13.2. The molecule has 1 aromatic carbocycles. The van der Waals surface area contributed by atoms with Crippen LogP contribution in [0.3, 0.4) is 0 Å². The third kappa shape index (κ3) is 3.92. The van der Waals surface area contributed by atoms with Crippen LogP contribution < -0.4 is 10.5 Å². The van der Waals surface area contributed by atoms with Crippen LogP contribution in [0, 0.1) is 11.2 Å². The van der Waals surface area contributed by atoms with Crippen molar-refractivity contribution in [2.75, 3.05) is 13.7 Å². The van der Waals surface area contributed by atoms with Crippen LogP contribution in [-0.4, -0.2) is 19.7 Å². The molecule has 19 heavy (non-hydrogen) atoms. The van der Waals surface area contributed by atoms with E-state index in [9.17, 15) is 9.18 Å². The molecule has 0 saturated heterocycles. The van der Waals surface area contributed by atoms with Crippen LogP contribution in [0.4, 0.5) is 4.39 Å². The standard InChI is InChI=1S/C14H20FNO3/c1-9(16)11-6-5-10(15)7-12(11)19-8-14(2,3)13(17)18-4/h5-7,9H,8,16H2,1-4H3. The first-order chi connectivity index (χ1) is 8.77. The first-order valence-corrected chi connectivity index (χ1v) is 6.04. The summed E-state index contributed by atoms with van der Waals surface area (Å²) in [7, 11) is 1.32. The molecule has 0 spiro atoms. The van der Waals surface area contributed by atoms with Gasteiger partial charge in [0, 0.05) is 17.7 Å². The number of hydrogen-bond donors (Lipinski definition) is 1. The lowest BCUT2D eigenvalue weighted by molar-refractivity contribution is -0.152. The molecule has 5 heteroatoms. The van der Waals surface area contributed by atoms with Crippen LogP contribution in [0.25, 0.3) is 0 Å². The third-order valence-corrected chi connectivity index (χ3v) is 2.79. The number of carbonyl (C=O) groups excluding carboxylic acids is 1. The number of benzene rings is 1. The van der Waals surface area contributed by atoms with Gasteiger partial charge in [-0.05, 0) is 26.8 Å². The Labute approximate surface area is 112 Å². The van der Waals surface area contributed by atoms with Gasteiger partial charge in [-0.2, -0.15) is 0 Å². The topological polar surface area (TPSA) is 61.5 Å². The maximum atomic E-state index is 13.2. The van der Waals surface area contributed by atoms with Crippen LogP contribution >= 0.6 is 0 Å². The highest BCUT2D eigenvalue weighted by Gasteiger charge is 2.30. The summed E-state index contributed by atoms with van der Waals surface area (Å²) in [6.45, 7) is 5.27. The minimum absolute atomic E-state index is 0.0862. The third-order valence-electron chi connectivity index (χ3n) is 2.79. The quantitative estimate of drug-likeness (QED) is 0.834. The molecule has 106 valence electrons. The first-order valence-electron chi connectivity index (χ1n) is 6.04. The fraction of sp³-hybridized carbons (Fsp3) is 0.500. The van der Waals surface area contributed by atoms with Crippen molar-refractivity contribution in [3.05, 3.63) is 29.6 Å². The van der Waals surface area contributed by atoms with Crippen molar-refractivity contribution in [2.45, 2.75) is 26.8 Å². The molecule has 0 heterocycles. The molecule has 0 bridgehead atoms. The van der Waals surface area contributed by atoms with E-state index in [4.69, 9.17) is 10.5 Å². The summed E-state index contributed by atoms with van der Waals surface area (Å²) in [5.41, 5.74) is 5.68. The van der Waals surface area contributed by atoms with Gasteiger partial charge in [-0.3, -0.25) is 4.79 Å². The van der Waals surface area contributed by atoms with Gasteiger partial charge in [-0.25, -0.2) is 4.39 Å². The smallest absolute Gasteiger partial charge is 0.314 e. The monoisotopic (exact) mass is 269 g/mol. The Kier molecular flexibility index (Phi) is 4.89. The summed E-state index contributed by atoms with van der Waals surface area (Å²) in [5, 5.41) is 0. The molecule has 0 aromatic heterocycles. The van der Waals surface area contributed by atoms with Gasteiger partial charge in [0.05, 0.1) is 12.5 Å². The SMILES string of the molecule is COC(=O)C(C)(C)COc1cc(F)ccc1C(C)N. The van der Waals surface area contributed by atoms with Gasteiger partial charge in [-0.1, -0.05) is 6.07 Å². The molecule has 1 rings (SSSR count). The molecule has 0 saturated carbocycles. The van der Waals surface area contributed by atoms with Gasteiger partial charge in [0.2, 0.25) is 0 Å². The molecular formula is C14H20FNO3. The van der Waals surface area contributed by atoms with E-state index in [0.29, 0.717) is 11.3 Å². The van der Waals surface area contributed by atoms with E-state index in [1.807, 2.05) is 0 Å². The average molecular weight is 269 g/mol. The molecule has 0 amide bonds. The summed E-state index contributed by atoms with van der Waals surface area (Å²) in [5.74, 6) is -0.437. The second kappa shape index (κ2) is 6.02. The molecule has 1 atom stereocenters. The zero-order valence-electron chi connectivity index (χ0n) is 11.7. The lowest BCUT2D eigenvalue weighted by Crippen LogP contribution is -2.32. The number of nitrogens with two attached hydrogens (primary N) is 1. The van der Waals surface area contributed by atoms with E-state index in [-0.39, 0.29) is 18.6 Å². The first kappa shape index (κ1) is 15.4. The number of carbonyl (C=O) groups is 1. The van der Waals surface area contributed by atoms with Crippen LogP contribution in [0.1, 0.15) is 32.4 Å². The van der Waals surface area contributed by atoms with E-state index in [1.54, 1.807) is 26.8 Å². The fourth-order valence-corrected chi connectivity index (χ4v) is 1.60. The minimum atomic E-state index is -0.809. The van der Waals surface area contributed by atoms with E-state index >= 15 is 0 Å². The lowest BCUT2D eigenvalue weighted by atomic mass is 9.95. The molecule has 0 aliphatic carbocycles. The number of hydrogen-bond acceptors (Lipinski definition) is 4. The van der Waals surface area contributed by atoms with Crippen molar-refractivity contribution in [3.63, 3.8) is 0 Å². The molecule has 2 N–H and O–H groups in total. The fourth-order valence-electron chi connectivity index (χ4n) is 1.60. The van der Waals surface area contributed by atoms with E-state index in [0.717, 1.165) is 0 Å². The highest BCUT2D eigenvalue weighted by atomic mass is 19.1. The largest absolute Gasteiger partial charge is 0.492 e. The van der Waals surface area contributed by atoms with Crippen molar-refractivity contribution in [1.29, 1.82) is 0 Å². The summed E-state index contributed by atoms with van der Waals surface area (Å²) in [4.78, 5) is 11.5. The number of rotatable bonds is 5. The van der Waals surface area contributed by atoms with Gasteiger partial charge >= 0.3 is 5.97 Å². The number of ether oxygens (including phenoxy) is 2. The molecule has 0 aliphatic rings. The van der Waals surface area contributed by atoms with E-state index < -0.39 is 11.2 Å². The van der Waals surface area contributed by atoms with Gasteiger partial charge in [0.15, 0.2) is 0 Å². The van der Waals surface area contributed by atoms with E-state index in [2.05, 4.69) is 4.74 Å². The molecule has 4 nitrogen and oxygen atoms in total. The van der Waals surface area contributed by atoms with E-state index in [1.165, 1.54) is 19.2 Å². The molecular weight excluding hydrogens is 249 g/mol. The molecule has 1 aromatic rings. The van der Waals surface area contributed by atoms with Gasteiger partial charge < -0.3 is 15.2 Å². The Bertz CT molecular complexity index is 458. The van der Waals surface area contributed by atoms with Crippen molar-refractivity contribution in [2.24, 2.45) is 11.1 Å². The van der Waals surface area contributed by atoms with Crippen molar-refractivity contribution < 1.29 is 18.7 Å². The molecule has 0 aliphatic heterocycles. The van der Waals surface area contributed by atoms with Crippen molar-refractivity contribution >= 4 is 5.97 Å². The predicted molar refractivity (Wildman–Crippen MR) is 70.3 cm³/mol. The summed E-state index contributed by atoms with van der Waals surface area (Å²) in [6, 6.07) is 3.90. The van der Waals surface area contributed by atoms with Crippen molar-refractivity contribution in [1.82, 2.24) is 0 Å². The Morgan fingerprint density at radius 1 is 1.47 bits per heavy atom. The summed E-state index contributed by atoms with van der Waals surface area (Å²) >= 11 is 0. The zero-order chi connectivity index (χ0) is 14.6. The Hall–Kier alpha value is -1.62. The Balaban J connectivity index is 2.88. The summed E-state index contributed by atoms with van der Waals surface area (Å²) < 4.78 is 23.5. The van der Waals surface area contributed by atoms with Crippen LogP contribution in [0.5, 0.6) is 5.75 Å². The predicted octanol–water partition coefficient (Wildman–Crippen LogP) is 2.42. The lowest BCUT2D eigenvalue weighted by Gasteiger charge is -2.23. The number of esters is 1. The van der Waals surface area contributed by atoms with Crippen molar-refractivity contribution in [3.8, 4) is 5.75 Å². The second-order valence-corrected chi connectivity index (χ2v) is 5.13. The average Bonchev–Trinajstić information content (AvgIpc) is 2.35. The van der Waals surface area contributed by atoms with Crippen LogP contribution in [0.15, 0.2) is 18.2 Å². The van der Waals surface area contributed by atoms with Gasteiger partial charge in [-0.15, -0.1) is 0 Å². The normalized spacial score (nSPS) is 12.9. The second-order valence-electron chi connectivity index (χ2n) is 5.13. The van der Waals surface area contributed by atoms with Crippen LogP contribution in [-0.2, 0) is 9.53 Å². The van der Waals surface area contributed by atoms with Gasteiger partial charge in [0.25, 0.3) is 0 Å². The molecule has 1 unspecified atom stereocenters. The number of methoxy groups -OCH3 is 1. The highest BCUT2D eigenvalue weighted by Crippen LogP contribution is 2.27. The van der Waals surface area contributed by atoms with Gasteiger partial charge in [0.1, 0.15) is 18.2 Å². The zero-order valence-corrected chi connectivity index (χ0v) is 11.7. The molecule has 0 radical (unpaired) electrons. The highest BCUT2D eigenvalue weighted by molar-refractivity contribution is 5.75. The Morgan fingerprint density at radius 2 is 2.11 bits per heavy atom. The minimum Gasteiger partial charge on any atom is -0.492 e. The maximum Gasteiger partial charge on any atom is 0.314 e. The van der Waals surface area contributed by atoms with Crippen LogP contribution in [0.2, 0.25) is 0 Å². The summed E-state index contributed by atoms with van der Waals surface area (Å²) in [6.07, 6.45) is 0. The number of halogens is 1. The Morgan fingerprint density at radius 3 is 2.63 bits per heavy atom.